The molecule has 0 aliphatic heterocycles. The third-order valence-electron chi connectivity index (χ3n) is 2.16. The van der Waals surface area contributed by atoms with E-state index in [0.717, 1.165) is 0 Å². The van der Waals surface area contributed by atoms with Crippen molar-refractivity contribution in [2.45, 2.75) is 18.6 Å². The quantitative estimate of drug-likeness (QED) is 0.844. The minimum absolute atomic E-state index is 0.0367. The fourth-order valence-electron chi connectivity index (χ4n) is 1.28. The number of hydrogen-bond acceptors (Lipinski definition) is 2. The maximum Gasteiger partial charge on any atom is 0.403 e. The van der Waals surface area contributed by atoms with E-state index < -0.39 is 12.2 Å². The number of nitrogens with one attached hydrogen (secondary N) is 1. The van der Waals surface area contributed by atoms with E-state index >= 15 is 0 Å². The molecule has 90 valence electrons. The third kappa shape index (κ3) is 4.10. The van der Waals surface area contributed by atoms with Crippen LogP contribution in [0.4, 0.5) is 13.2 Å². The van der Waals surface area contributed by atoms with Crippen molar-refractivity contribution >= 4 is 0 Å². The third-order valence-corrected chi connectivity index (χ3v) is 2.16. The SMILES string of the molecule is CNC(CCOc1ccccc1)C(F)(F)F. The van der Waals surface area contributed by atoms with E-state index in [2.05, 4.69) is 5.32 Å². The summed E-state index contributed by atoms with van der Waals surface area (Å²) in [6.07, 6.45) is -4.33. The van der Waals surface area contributed by atoms with E-state index in [1.54, 1.807) is 24.3 Å². The monoisotopic (exact) mass is 233 g/mol. The molecule has 0 heterocycles. The van der Waals surface area contributed by atoms with Crippen molar-refractivity contribution in [3.05, 3.63) is 30.3 Å². The molecule has 1 unspecified atom stereocenters. The largest absolute Gasteiger partial charge is 0.494 e. The normalized spacial score (nSPS) is 13.5. The van der Waals surface area contributed by atoms with Gasteiger partial charge in [-0.05, 0) is 19.2 Å². The van der Waals surface area contributed by atoms with Crippen LogP contribution in [0, 0.1) is 0 Å². The van der Waals surface area contributed by atoms with Crippen molar-refractivity contribution < 1.29 is 17.9 Å². The molecule has 0 aliphatic carbocycles. The highest BCUT2D eigenvalue weighted by Gasteiger charge is 2.38. The summed E-state index contributed by atoms with van der Waals surface area (Å²) in [7, 11) is 1.29. The van der Waals surface area contributed by atoms with E-state index in [1.165, 1.54) is 7.05 Å². The molecule has 0 amide bonds. The van der Waals surface area contributed by atoms with Gasteiger partial charge >= 0.3 is 6.18 Å². The Bertz CT molecular complexity index is 300. The van der Waals surface area contributed by atoms with Crippen molar-refractivity contribution in [3.63, 3.8) is 0 Å². The zero-order valence-electron chi connectivity index (χ0n) is 8.92. The number of benzene rings is 1. The summed E-state index contributed by atoms with van der Waals surface area (Å²) in [5.41, 5.74) is 0. The van der Waals surface area contributed by atoms with Crippen LogP contribution in [0.25, 0.3) is 0 Å². The Hall–Kier alpha value is -1.23. The van der Waals surface area contributed by atoms with Crippen molar-refractivity contribution in [2.75, 3.05) is 13.7 Å². The molecular formula is C11H14F3NO. The molecule has 0 aliphatic rings. The summed E-state index contributed by atoms with van der Waals surface area (Å²) in [4.78, 5) is 0. The first-order valence-electron chi connectivity index (χ1n) is 4.96. The molecule has 5 heteroatoms. The molecule has 0 aromatic heterocycles. The molecule has 16 heavy (non-hydrogen) atoms. The topological polar surface area (TPSA) is 21.3 Å². The predicted octanol–water partition coefficient (Wildman–Crippen LogP) is 2.61. The molecule has 2 nitrogen and oxygen atoms in total. The Balaban J connectivity index is 2.35. The average Bonchev–Trinajstić information content (AvgIpc) is 2.24. The Morgan fingerprint density at radius 3 is 2.38 bits per heavy atom. The standard InChI is InChI=1S/C11H14F3NO/c1-15-10(11(12,13)14)7-8-16-9-5-3-2-4-6-9/h2-6,10,15H,7-8H2,1H3. The first-order valence-corrected chi connectivity index (χ1v) is 4.96. The number of halogens is 3. The Labute approximate surface area is 92.4 Å². The lowest BCUT2D eigenvalue weighted by molar-refractivity contribution is -0.157. The van der Waals surface area contributed by atoms with Gasteiger partial charge in [0, 0.05) is 6.42 Å². The molecule has 1 rings (SSSR count). The van der Waals surface area contributed by atoms with Crippen LogP contribution in [-0.2, 0) is 0 Å². The molecule has 0 saturated heterocycles. The molecule has 1 aromatic carbocycles. The van der Waals surface area contributed by atoms with Gasteiger partial charge in [-0.15, -0.1) is 0 Å². The molecule has 1 N–H and O–H groups in total. The van der Waals surface area contributed by atoms with Crippen LogP contribution in [0.5, 0.6) is 5.75 Å². The van der Waals surface area contributed by atoms with Gasteiger partial charge in [-0.25, -0.2) is 0 Å². The van der Waals surface area contributed by atoms with Crippen LogP contribution in [0.3, 0.4) is 0 Å². The first-order chi connectivity index (χ1) is 7.54. The maximum absolute atomic E-state index is 12.3. The highest BCUT2D eigenvalue weighted by molar-refractivity contribution is 5.20. The molecule has 1 aromatic rings. The summed E-state index contributed by atoms with van der Waals surface area (Å²) in [6.45, 7) is 0.0367. The lowest BCUT2D eigenvalue weighted by Crippen LogP contribution is -2.41. The number of rotatable bonds is 5. The van der Waals surface area contributed by atoms with Gasteiger partial charge in [0.2, 0.25) is 0 Å². The second-order valence-corrected chi connectivity index (χ2v) is 3.33. The molecule has 0 spiro atoms. The van der Waals surface area contributed by atoms with E-state index in [4.69, 9.17) is 4.74 Å². The summed E-state index contributed by atoms with van der Waals surface area (Å²) in [5.74, 6) is 0.583. The fraction of sp³-hybridized carbons (Fsp3) is 0.455. The van der Waals surface area contributed by atoms with Crippen molar-refractivity contribution in [2.24, 2.45) is 0 Å². The molecule has 0 fully saturated rings. The van der Waals surface area contributed by atoms with Gasteiger partial charge in [-0.1, -0.05) is 18.2 Å². The van der Waals surface area contributed by atoms with Crippen LogP contribution >= 0.6 is 0 Å². The van der Waals surface area contributed by atoms with Gasteiger partial charge in [-0.3, -0.25) is 0 Å². The Morgan fingerprint density at radius 2 is 1.88 bits per heavy atom. The van der Waals surface area contributed by atoms with Gasteiger partial charge in [0.05, 0.1) is 6.61 Å². The lowest BCUT2D eigenvalue weighted by Gasteiger charge is -2.19. The Morgan fingerprint density at radius 1 is 1.25 bits per heavy atom. The average molecular weight is 233 g/mol. The lowest BCUT2D eigenvalue weighted by atomic mass is 10.2. The summed E-state index contributed by atoms with van der Waals surface area (Å²) in [5, 5.41) is 2.22. The maximum atomic E-state index is 12.3. The molecule has 0 saturated carbocycles. The van der Waals surface area contributed by atoms with Crippen LogP contribution < -0.4 is 10.1 Å². The number of ether oxygens (including phenoxy) is 1. The predicted molar refractivity (Wildman–Crippen MR) is 55.5 cm³/mol. The summed E-state index contributed by atoms with van der Waals surface area (Å²) >= 11 is 0. The number of hydrogen-bond donors (Lipinski definition) is 1. The van der Waals surface area contributed by atoms with Crippen molar-refractivity contribution in [1.29, 1.82) is 0 Å². The number of alkyl halides is 3. The minimum Gasteiger partial charge on any atom is -0.494 e. The van der Waals surface area contributed by atoms with Crippen LogP contribution in [-0.4, -0.2) is 25.9 Å². The summed E-state index contributed by atoms with van der Waals surface area (Å²) in [6, 6.07) is 7.27. The van der Waals surface area contributed by atoms with E-state index in [1.807, 2.05) is 6.07 Å². The van der Waals surface area contributed by atoms with Gasteiger partial charge in [0.25, 0.3) is 0 Å². The van der Waals surface area contributed by atoms with E-state index in [0.29, 0.717) is 5.75 Å². The van der Waals surface area contributed by atoms with Gasteiger partial charge in [0.1, 0.15) is 11.8 Å². The van der Waals surface area contributed by atoms with Crippen molar-refractivity contribution in [3.8, 4) is 5.75 Å². The highest BCUT2D eigenvalue weighted by Crippen LogP contribution is 2.22. The zero-order valence-corrected chi connectivity index (χ0v) is 8.92. The smallest absolute Gasteiger partial charge is 0.403 e. The van der Waals surface area contributed by atoms with E-state index in [9.17, 15) is 13.2 Å². The van der Waals surface area contributed by atoms with E-state index in [-0.39, 0.29) is 13.0 Å². The number of para-hydroxylation sites is 1. The Kier molecular flexibility index (Phi) is 4.61. The van der Waals surface area contributed by atoms with Crippen LogP contribution in [0.2, 0.25) is 0 Å². The van der Waals surface area contributed by atoms with Gasteiger partial charge in [-0.2, -0.15) is 13.2 Å². The van der Waals surface area contributed by atoms with Gasteiger partial charge in [0.15, 0.2) is 0 Å². The minimum atomic E-state index is -4.23. The van der Waals surface area contributed by atoms with Crippen LogP contribution in [0.15, 0.2) is 30.3 Å². The zero-order chi connectivity index (χ0) is 12.0. The van der Waals surface area contributed by atoms with Crippen molar-refractivity contribution in [1.82, 2.24) is 5.32 Å². The van der Waals surface area contributed by atoms with Gasteiger partial charge < -0.3 is 10.1 Å². The summed E-state index contributed by atoms with van der Waals surface area (Å²) < 4.78 is 42.2. The first kappa shape index (κ1) is 12.8. The molecule has 1 atom stereocenters. The molecule has 0 radical (unpaired) electrons. The fourth-order valence-corrected chi connectivity index (χ4v) is 1.28. The molecule has 0 bridgehead atoms. The second-order valence-electron chi connectivity index (χ2n) is 3.33. The molecular weight excluding hydrogens is 219 g/mol. The highest BCUT2D eigenvalue weighted by atomic mass is 19.4. The van der Waals surface area contributed by atoms with Crippen LogP contribution in [0.1, 0.15) is 6.42 Å². The second kappa shape index (κ2) is 5.75.